The number of carbonyl (C=O) groups is 3. The fourth-order valence-corrected chi connectivity index (χ4v) is 5.16. The molecule has 32 heavy (non-hydrogen) atoms. The predicted octanol–water partition coefficient (Wildman–Crippen LogP) is 3.51. The van der Waals surface area contributed by atoms with Gasteiger partial charge in [0.2, 0.25) is 5.91 Å². The lowest BCUT2D eigenvalue weighted by atomic mass is 9.98. The van der Waals surface area contributed by atoms with Crippen LogP contribution < -0.4 is 5.32 Å². The molecule has 8 heteroatoms. The Morgan fingerprint density at radius 3 is 2.62 bits per heavy atom. The van der Waals surface area contributed by atoms with Crippen molar-refractivity contribution >= 4 is 23.6 Å². The van der Waals surface area contributed by atoms with Crippen LogP contribution in [0.2, 0.25) is 0 Å². The number of hydrogen-bond acceptors (Lipinski definition) is 4. The number of fused-ring (bicyclic) bond motifs is 3. The normalized spacial score (nSPS) is 22.4. The summed E-state index contributed by atoms with van der Waals surface area (Å²) in [6.45, 7) is 2.21. The van der Waals surface area contributed by atoms with E-state index in [0.29, 0.717) is 31.6 Å². The van der Waals surface area contributed by atoms with Crippen molar-refractivity contribution in [1.82, 2.24) is 9.80 Å². The molecule has 3 aliphatic rings. The number of ether oxygens (including phenoxy) is 1. The third-order valence-corrected chi connectivity index (χ3v) is 6.58. The first kappa shape index (κ1) is 20.5. The van der Waals surface area contributed by atoms with Gasteiger partial charge in [-0.15, -0.1) is 0 Å². The Labute approximate surface area is 185 Å². The molecule has 3 amide bonds. The lowest BCUT2D eigenvalue weighted by Gasteiger charge is -2.38. The quantitative estimate of drug-likeness (QED) is 0.797. The zero-order chi connectivity index (χ0) is 22.4. The van der Waals surface area contributed by atoms with Gasteiger partial charge in [0.1, 0.15) is 11.9 Å². The first-order valence-electron chi connectivity index (χ1n) is 10.9. The first-order chi connectivity index (χ1) is 15.4. The molecule has 5 rings (SSSR count). The van der Waals surface area contributed by atoms with Gasteiger partial charge in [0.05, 0.1) is 17.3 Å². The van der Waals surface area contributed by atoms with Crippen LogP contribution in [-0.2, 0) is 16.0 Å². The zero-order valence-electron chi connectivity index (χ0n) is 17.7. The highest BCUT2D eigenvalue weighted by molar-refractivity contribution is 6.03. The summed E-state index contributed by atoms with van der Waals surface area (Å²) in [7, 11) is 0. The maximum Gasteiger partial charge on any atom is 0.411 e. The van der Waals surface area contributed by atoms with Gasteiger partial charge in [0.25, 0.3) is 5.91 Å². The summed E-state index contributed by atoms with van der Waals surface area (Å²) in [4.78, 5) is 40.7. The molecule has 0 bridgehead atoms. The van der Waals surface area contributed by atoms with Crippen molar-refractivity contribution in [3.63, 3.8) is 0 Å². The Balaban J connectivity index is 1.31. The molecule has 2 heterocycles. The largest absolute Gasteiger partial charge is 0.443 e. The third kappa shape index (κ3) is 3.49. The molecule has 2 atom stereocenters. The molecule has 2 unspecified atom stereocenters. The van der Waals surface area contributed by atoms with Crippen molar-refractivity contribution in [2.45, 2.75) is 44.4 Å². The van der Waals surface area contributed by atoms with Crippen molar-refractivity contribution < 1.29 is 23.5 Å². The summed E-state index contributed by atoms with van der Waals surface area (Å²) in [5.41, 5.74) is 2.77. The third-order valence-electron chi connectivity index (χ3n) is 6.58. The highest BCUT2D eigenvalue weighted by Gasteiger charge is 2.50. The van der Waals surface area contributed by atoms with Crippen LogP contribution in [-0.4, -0.2) is 52.9 Å². The van der Waals surface area contributed by atoms with Gasteiger partial charge in [-0.1, -0.05) is 24.3 Å². The fourth-order valence-electron chi connectivity index (χ4n) is 5.16. The van der Waals surface area contributed by atoms with Crippen molar-refractivity contribution in [1.29, 1.82) is 0 Å². The van der Waals surface area contributed by atoms with E-state index in [-0.39, 0.29) is 41.7 Å². The number of benzene rings is 2. The van der Waals surface area contributed by atoms with E-state index in [2.05, 4.69) is 17.4 Å². The van der Waals surface area contributed by atoms with Gasteiger partial charge in [0, 0.05) is 32.5 Å². The Morgan fingerprint density at radius 2 is 1.88 bits per heavy atom. The van der Waals surface area contributed by atoms with Gasteiger partial charge in [-0.25, -0.2) is 9.18 Å². The standard InChI is InChI=1S/C24H24FN3O4/c1-14(29)26-20-7-6-16(25)13-19(20)23(30)27-10-8-17(9-11-27)28-22-18-5-3-2-4-15(18)12-21(22)32-24(28)31/h2-7,13,17,21-22H,8-12H2,1H3,(H,26,29). The number of nitrogens with zero attached hydrogens (tertiary/aromatic N) is 2. The van der Waals surface area contributed by atoms with Crippen LogP contribution in [0.4, 0.5) is 14.9 Å². The number of piperidine rings is 1. The van der Waals surface area contributed by atoms with Crippen molar-refractivity contribution in [2.24, 2.45) is 0 Å². The molecule has 2 aromatic rings. The molecule has 0 saturated carbocycles. The fraction of sp³-hybridized carbons (Fsp3) is 0.375. The highest BCUT2D eigenvalue weighted by Crippen LogP contribution is 2.44. The minimum absolute atomic E-state index is 0.0324. The van der Waals surface area contributed by atoms with Crippen molar-refractivity contribution in [3.8, 4) is 0 Å². The lowest BCUT2D eigenvalue weighted by molar-refractivity contribution is -0.114. The molecule has 0 radical (unpaired) electrons. The van der Waals surface area contributed by atoms with E-state index in [1.54, 1.807) is 4.90 Å². The maximum atomic E-state index is 13.8. The van der Waals surface area contributed by atoms with Gasteiger partial charge in [-0.2, -0.15) is 0 Å². The molecule has 2 aliphatic heterocycles. The van der Waals surface area contributed by atoms with E-state index in [0.717, 1.165) is 18.1 Å². The Morgan fingerprint density at radius 1 is 1.12 bits per heavy atom. The van der Waals surface area contributed by atoms with E-state index in [9.17, 15) is 18.8 Å². The van der Waals surface area contributed by atoms with Crippen LogP contribution in [0.25, 0.3) is 0 Å². The van der Waals surface area contributed by atoms with Crippen LogP contribution in [0.3, 0.4) is 0 Å². The average molecular weight is 437 g/mol. The second kappa shape index (κ2) is 7.93. The topological polar surface area (TPSA) is 79.0 Å². The molecule has 1 aliphatic carbocycles. The minimum atomic E-state index is -0.539. The van der Waals surface area contributed by atoms with Gasteiger partial charge in [-0.05, 0) is 42.2 Å². The molecule has 2 fully saturated rings. The van der Waals surface area contributed by atoms with Crippen LogP contribution in [0.1, 0.15) is 47.3 Å². The molecule has 7 nitrogen and oxygen atoms in total. The molecule has 0 spiro atoms. The van der Waals surface area contributed by atoms with E-state index in [1.165, 1.54) is 24.6 Å². The van der Waals surface area contributed by atoms with Crippen molar-refractivity contribution in [3.05, 3.63) is 65.0 Å². The predicted molar refractivity (Wildman–Crippen MR) is 115 cm³/mol. The Bertz CT molecular complexity index is 1100. The Hall–Kier alpha value is -3.42. The van der Waals surface area contributed by atoms with Crippen LogP contribution in [0.5, 0.6) is 0 Å². The molecule has 2 aromatic carbocycles. The monoisotopic (exact) mass is 437 g/mol. The summed E-state index contributed by atoms with van der Waals surface area (Å²) in [6, 6.07) is 11.8. The summed E-state index contributed by atoms with van der Waals surface area (Å²) >= 11 is 0. The number of likely N-dealkylation sites (tertiary alicyclic amines) is 1. The van der Waals surface area contributed by atoms with E-state index in [4.69, 9.17) is 4.74 Å². The molecule has 166 valence electrons. The van der Waals surface area contributed by atoms with E-state index in [1.807, 2.05) is 17.0 Å². The molecule has 2 saturated heterocycles. The first-order valence-corrected chi connectivity index (χ1v) is 10.9. The van der Waals surface area contributed by atoms with Gasteiger partial charge >= 0.3 is 6.09 Å². The number of halogens is 1. The molecule has 1 N–H and O–H groups in total. The maximum absolute atomic E-state index is 13.8. The summed E-state index contributed by atoms with van der Waals surface area (Å²) in [6.07, 6.45) is 1.49. The van der Waals surface area contributed by atoms with Crippen LogP contribution in [0, 0.1) is 5.82 Å². The zero-order valence-corrected chi connectivity index (χ0v) is 17.7. The Kier molecular flexibility index (Phi) is 5.07. The van der Waals surface area contributed by atoms with Crippen LogP contribution in [0.15, 0.2) is 42.5 Å². The number of hydrogen-bond donors (Lipinski definition) is 1. The number of amides is 3. The second-order valence-corrected chi connectivity index (χ2v) is 8.57. The SMILES string of the molecule is CC(=O)Nc1ccc(F)cc1C(=O)N1CCC(N2C(=O)OC3Cc4ccccc4C32)CC1. The molecular formula is C24H24FN3O4. The summed E-state index contributed by atoms with van der Waals surface area (Å²) in [5, 5.41) is 2.59. The second-order valence-electron chi connectivity index (χ2n) is 8.57. The van der Waals surface area contributed by atoms with Gasteiger partial charge < -0.3 is 15.0 Å². The smallest absolute Gasteiger partial charge is 0.411 e. The number of nitrogens with one attached hydrogen (secondary N) is 1. The van der Waals surface area contributed by atoms with Gasteiger partial charge in [0.15, 0.2) is 0 Å². The number of anilines is 1. The molecule has 0 aromatic heterocycles. The van der Waals surface area contributed by atoms with E-state index < -0.39 is 5.82 Å². The highest BCUT2D eigenvalue weighted by atomic mass is 19.1. The minimum Gasteiger partial charge on any atom is -0.443 e. The van der Waals surface area contributed by atoms with E-state index >= 15 is 0 Å². The average Bonchev–Trinajstić information content (AvgIpc) is 3.28. The van der Waals surface area contributed by atoms with Crippen LogP contribution >= 0.6 is 0 Å². The van der Waals surface area contributed by atoms with Gasteiger partial charge in [-0.3, -0.25) is 14.5 Å². The summed E-state index contributed by atoms with van der Waals surface area (Å²) in [5.74, 6) is -1.20. The number of carbonyl (C=O) groups excluding carboxylic acids is 3. The van der Waals surface area contributed by atoms with Crippen molar-refractivity contribution in [2.75, 3.05) is 18.4 Å². The lowest BCUT2D eigenvalue weighted by Crippen LogP contribution is -2.48. The summed E-state index contributed by atoms with van der Waals surface area (Å²) < 4.78 is 19.5. The number of rotatable bonds is 3. The molecular weight excluding hydrogens is 413 g/mol.